The Morgan fingerprint density at radius 3 is 2.35 bits per heavy atom. The zero-order chi connectivity index (χ0) is 15.7. The van der Waals surface area contributed by atoms with Crippen molar-refractivity contribution in [2.75, 3.05) is 6.54 Å². The van der Waals surface area contributed by atoms with E-state index in [2.05, 4.69) is 4.23 Å². The van der Waals surface area contributed by atoms with Gasteiger partial charge in [-0.1, -0.05) is 0 Å². The monoisotopic (exact) mass is 345 g/mol. The number of nitrogens with one attached hydrogen (secondary N) is 1. The second kappa shape index (κ2) is 6.27. The van der Waals surface area contributed by atoms with Gasteiger partial charge in [0.15, 0.2) is 0 Å². The number of imide groups is 1. The fraction of sp³-hybridized carbons (Fsp3) is 0.769. The number of amides is 3. The minimum atomic E-state index is -1.40. The molecule has 0 aromatic carbocycles. The molecule has 1 saturated heterocycles. The first kappa shape index (κ1) is 17.2. The van der Waals surface area contributed by atoms with Crippen LogP contribution in [0.5, 0.6) is 0 Å². The van der Waals surface area contributed by atoms with Gasteiger partial charge in [-0.3, -0.25) is 0 Å². The van der Waals surface area contributed by atoms with Crippen molar-refractivity contribution < 1.29 is 14.4 Å². The van der Waals surface area contributed by atoms with Gasteiger partial charge in [-0.25, -0.2) is 0 Å². The number of carbonyl (C=O) groups excluding carboxylic acids is 3. The van der Waals surface area contributed by atoms with E-state index in [4.69, 9.17) is 5.73 Å². The van der Waals surface area contributed by atoms with Crippen LogP contribution in [0.25, 0.3) is 0 Å². The van der Waals surface area contributed by atoms with Gasteiger partial charge < -0.3 is 0 Å². The Kier molecular flexibility index (Phi) is 5.38. The van der Waals surface area contributed by atoms with Crippen LogP contribution in [0.1, 0.15) is 27.2 Å². The van der Waals surface area contributed by atoms with Crippen molar-refractivity contribution in [3.05, 3.63) is 0 Å². The summed E-state index contributed by atoms with van der Waals surface area (Å²) in [5, 5.41) is 0. The molecule has 0 saturated carbocycles. The van der Waals surface area contributed by atoms with E-state index in [0.29, 0.717) is 0 Å². The van der Waals surface area contributed by atoms with Crippen LogP contribution in [-0.2, 0) is 14.4 Å². The first-order chi connectivity index (χ1) is 9.09. The van der Waals surface area contributed by atoms with Crippen molar-refractivity contribution >= 4 is 32.6 Å². The van der Waals surface area contributed by atoms with E-state index in [1.165, 1.54) is 0 Å². The van der Waals surface area contributed by atoms with Gasteiger partial charge in [0, 0.05) is 0 Å². The van der Waals surface area contributed by atoms with Gasteiger partial charge in [0.05, 0.1) is 0 Å². The third kappa shape index (κ3) is 3.61. The number of hydrogen-bond donors (Lipinski definition) is 2. The van der Waals surface area contributed by atoms with Crippen LogP contribution in [-0.4, -0.2) is 50.1 Å². The van der Waals surface area contributed by atoms with Crippen molar-refractivity contribution in [3.8, 4) is 0 Å². The van der Waals surface area contributed by atoms with Gasteiger partial charge >= 0.3 is 124 Å². The maximum atomic E-state index is 12.4. The van der Waals surface area contributed by atoms with Gasteiger partial charge in [-0.2, -0.15) is 0 Å². The van der Waals surface area contributed by atoms with E-state index in [1.54, 1.807) is 0 Å². The molecule has 7 heteroatoms. The molecule has 3 amide bonds. The molecular formula is C13H24AsN3O3. The summed E-state index contributed by atoms with van der Waals surface area (Å²) >= 11 is -1.40. The average Bonchev–Trinajstić information content (AvgIpc) is 2.56. The van der Waals surface area contributed by atoms with E-state index in [9.17, 15) is 14.4 Å². The Hall–Kier alpha value is -0.872. The van der Waals surface area contributed by atoms with E-state index in [0.717, 1.165) is 4.90 Å². The van der Waals surface area contributed by atoms with Crippen molar-refractivity contribution in [2.24, 2.45) is 17.1 Å². The van der Waals surface area contributed by atoms with Crippen LogP contribution in [0.15, 0.2) is 0 Å². The van der Waals surface area contributed by atoms with Crippen LogP contribution in [0.4, 0.5) is 0 Å². The van der Waals surface area contributed by atoms with Crippen molar-refractivity contribution in [2.45, 2.75) is 44.7 Å². The number of likely N-dealkylation sites (tertiary alicyclic amines) is 1. The van der Waals surface area contributed by atoms with Crippen LogP contribution in [0.2, 0.25) is 11.4 Å². The van der Waals surface area contributed by atoms with Crippen molar-refractivity contribution in [3.63, 3.8) is 0 Å². The van der Waals surface area contributed by atoms with E-state index in [1.807, 2.05) is 32.2 Å². The third-order valence-electron chi connectivity index (χ3n) is 3.40. The van der Waals surface area contributed by atoms with Gasteiger partial charge in [0.1, 0.15) is 0 Å². The summed E-state index contributed by atoms with van der Waals surface area (Å²) in [6, 6.07) is -0.876. The Balaban J connectivity index is 2.96. The topological polar surface area (TPSA) is 92.5 Å². The number of carbonyl (C=O) groups is 3. The van der Waals surface area contributed by atoms with Gasteiger partial charge in [-0.05, 0) is 0 Å². The Labute approximate surface area is 124 Å². The molecule has 2 atom stereocenters. The molecule has 0 aromatic rings. The molecule has 0 radical (unpaired) electrons. The van der Waals surface area contributed by atoms with Gasteiger partial charge in [0.25, 0.3) is 0 Å². The number of nitrogens with zero attached hydrogens (tertiary/aromatic N) is 1. The molecule has 1 heterocycles. The number of hydrogen-bond acceptors (Lipinski definition) is 4. The number of rotatable bonds is 4. The molecule has 1 aliphatic rings. The summed E-state index contributed by atoms with van der Waals surface area (Å²) in [6.07, 6.45) is 0.159. The molecule has 114 valence electrons. The summed E-state index contributed by atoms with van der Waals surface area (Å²) in [6.45, 7) is 5.73. The summed E-state index contributed by atoms with van der Waals surface area (Å²) in [5.41, 5.74) is 9.24. The fourth-order valence-corrected chi connectivity index (χ4v) is 3.52. The zero-order valence-electron chi connectivity index (χ0n) is 12.8. The molecule has 0 spiro atoms. The molecule has 0 aromatic heterocycles. The zero-order valence-corrected chi connectivity index (χ0v) is 14.6. The summed E-state index contributed by atoms with van der Waals surface area (Å²) in [4.78, 5) is 37.7. The fourth-order valence-electron chi connectivity index (χ4n) is 2.28. The minimum absolute atomic E-state index is 0.0393. The second-order valence-corrected chi connectivity index (χ2v) is 10.6. The maximum absolute atomic E-state index is 12.4. The molecule has 2 unspecified atom stereocenters. The summed E-state index contributed by atoms with van der Waals surface area (Å²) < 4.78 is 2.85. The standard InChI is InChI=1S/C13H24AsN3O3/c1-13(2,3)8-6-10(18)17(12(8)20)9(7-15)11(19)16-14(4)5/h8-9H,6-7,15H2,1-5H3,(H,16,19). The van der Waals surface area contributed by atoms with E-state index < -0.39 is 20.9 Å². The molecule has 1 aliphatic heterocycles. The molecular weight excluding hydrogens is 321 g/mol. The predicted molar refractivity (Wildman–Crippen MR) is 77.9 cm³/mol. The first-order valence-electron chi connectivity index (χ1n) is 6.63. The average molecular weight is 345 g/mol. The molecule has 6 nitrogen and oxygen atoms in total. The third-order valence-corrected chi connectivity index (χ3v) is 4.80. The summed E-state index contributed by atoms with van der Waals surface area (Å²) in [7, 11) is 0. The van der Waals surface area contributed by atoms with Crippen LogP contribution in [0.3, 0.4) is 0 Å². The van der Waals surface area contributed by atoms with Gasteiger partial charge in [0.2, 0.25) is 0 Å². The molecule has 0 aliphatic carbocycles. The Morgan fingerprint density at radius 2 is 2.00 bits per heavy atom. The quantitative estimate of drug-likeness (QED) is 0.558. The van der Waals surface area contributed by atoms with Crippen LogP contribution >= 0.6 is 0 Å². The SMILES string of the molecule is C[As](C)NC(=O)C(CN)N1C(=O)CC(C(C)(C)C)C1=O. The molecule has 0 bridgehead atoms. The van der Waals surface area contributed by atoms with E-state index >= 15 is 0 Å². The molecule has 1 rings (SSSR count). The van der Waals surface area contributed by atoms with Crippen LogP contribution < -0.4 is 9.97 Å². The number of nitrogens with two attached hydrogens (primary N) is 1. The molecule has 20 heavy (non-hydrogen) atoms. The Morgan fingerprint density at radius 1 is 1.45 bits per heavy atom. The Bertz CT molecular complexity index is 418. The van der Waals surface area contributed by atoms with Gasteiger partial charge in [-0.15, -0.1) is 0 Å². The van der Waals surface area contributed by atoms with Crippen LogP contribution in [0, 0.1) is 11.3 Å². The normalized spacial score (nSPS) is 21.6. The first-order valence-corrected chi connectivity index (χ1v) is 11.3. The van der Waals surface area contributed by atoms with Crippen molar-refractivity contribution in [1.82, 2.24) is 9.13 Å². The second-order valence-electron chi connectivity index (χ2n) is 6.35. The van der Waals surface area contributed by atoms with Crippen molar-refractivity contribution in [1.29, 1.82) is 0 Å². The molecule has 3 N–H and O–H groups in total. The predicted octanol–water partition coefficient (Wildman–Crippen LogP) is 0.102. The van der Waals surface area contributed by atoms with E-state index in [-0.39, 0.29) is 42.0 Å². The summed E-state index contributed by atoms with van der Waals surface area (Å²) in [5.74, 6) is -1.27. The molecule has 1 fully saturated rings.